The van der Waals surface area contributed by atoms with Crippen LogP contribution in [0.3, 0.4) is 0 Å². The molecule has 1 heterocycles. The molecular formula is C13H21N3O2S. The van der Waals surface area contributed by atoms with Crippen molar-refractivity contribution >= 4 is 9.84 Å². The molecule has 3 unspecified atom stereocenters. The van der Waals surface area contributed by atoms with Crippen molar-refractivity contribution in [2.24, 2.45) is 11.7 Å². The third-order valence-corrected chi connectivity index (χ3v) is 4.83. The molecule has 1 aromatic carbocycles. The number of rotatable bonds is 4. The second-order valence-electron chi connectivity index (χ2n) is 5.14. The van der Waals surface area contributed by atoms with Crippen molar-refractivity contribution < 1.29 is 8.42 Å². The van der Waals surface area contributed by atoms with Crippen LogP contribution >= 0.6 is 0 Å². The van der Waals surface area contributed by atoms with E-state index in [0.29, 0.717) is 23.4 Å². The van der Waals surface area contributed by atoms with Crippen LogP contribution in [0, 0.1) is 5.92 Å². The Balaban J connectivity index is 2.22. The maximum absolute atomic E-state index is 11.4. The van der Waals surface area contributed by atoms with Crippen molar-refractivity contribution in [3.05, 3.63) is 29.8 Å². The minimum Gasteiger partial charge on any atom is -0.330 e. The lowest BCUT2D eigenvalue weighted by molar-refractivity contribution is 0.409. The summed E-state index contributed by atoms with van der Waals surface area (Å²) >= 11 is 0. The van der Waals surface area contributed by atoms with Crippen molar-refractivity contribution in [3.8, 4) is 0 Å². The molecule has 6 heteroatoms. The first kappa shape index (κ1) is 14.5. The van der Waals surface area contributed by atoms with E-state index in [1.54, 1.807) is 12.1 Å². The average Bonchev–Trinajstić information content (AvgIpc) is 2.71. The zero-order valence-electron chi connectivity index (χ0n) is 11.3. The topological polar surface area (TPSA) is 84.2 Å². The SMILES string of the molecule is CC1NNC(c2ccc(S(C)(=O)=O)cc2)C1CCN. The molecule has 0 bridgehead atoms. The predicted octanol–water partition coefficient (Wildman–Crippen LogP) is 0.593. The van der Waals surface area contributed by atoms with E-state index in [9.17, 15) is 8.42 Å². The molecule has 0 saturated carbocycles. The minimum absolute atomic E-state index is 0.173. The summed E-state index contributed by atoms with van der Waals surface area (Å²) in [5.74, 6) is 0.411. The number of benzene rings is 1. The van der Waals surface area contributed by atoms with Gasteiger partial charge in [0.15, 0.2) is 9.84 Å². The Hall–Kier alpha value is -0.950. The second-order valence-corrected chi connectivity index (χ2v) is 7.15. The van der Waals surface area contributed by atoms with Crippen LogP contribution in [0.2, 0.25) is 0 Å². The van der Waals surface area contributed by atoms with E-state index in [4.69, 9.17) is 5.73 Å². The lowest BCUT2D eigenvalue weighted by Crippen LogP contribution is -2.29. The molecule has 0 spiro atoms. The summed E-state index contributed by atoms with van der Waals surface area (Å²) in [6, 6.07) is 7.59. The van der Waals surface area contributed by atoms with Crippen LogP contribution in [0.5, 0.6) is 0 Å². The summed E-state index contributed by atoms with van der Waals surface area (Å²) in [6.07, 6.45) is 2.15. The quantitative estimate of drug-likeness (QED) is 0.753. The van der Waals surface area contributed by atoms with Crippen LogP contribution in [-0.4, -0.2) is 27.3 Å². The van der Waals surface area contributed by atoms with Crippen LogP contribution < -0.4 is 16.6 Å². The summed E-state index contributed by atoms with van der Waals surface area (Å²) in [4.78, 5) is 0.352. The first-order valence-corrected chi connectivity index (χ1v) is 8.34. The van der Waals surface area contributed by atoms with E-state index in [1.807, 2.05) is 12.1 Å². The van der Waals surface area contributed by atoms with E-state index in [-0.39, 0.29) is 6.04 Å². The van der Waals surface area contributed by atoms with E-state index in [2.05, 4.69) is 17.8 Å². The standard InChI is InChI=1S/C13H21N3O2S/c1-9-12(7-8-14)13(16-15-9)10-3-5-11(6-4-10)19(2,17)18/h3-6,9,12-13,15-16H,7-8,14H2,1-2H3. The monoisotopic (exact) mass is 283 g/mol. The summed E-state index contributed by atoms with van der Waals surface area (Å²) in [7, 11) is -3.13. The fourth-order valence-electron chi connectivity index (χ4n) is 2.59. The highest BCUT2D eigenvalue weighted by Crippen LogP contribution is 2.31. The van der Waals surface area contributed by atoms with Crippen molar-refractivity contribution in [2.45, 2.75) is 30.3 Å². The molecule has 3 atom stereocenters. The highest BCUT2D eigenvalue weighted by Gasteiger charge is 2.33. The number of sulfone groups is 1. The molecule has 0 aromatic heterocycles. The van der Waals surface area contributed by atoms with Crippen LogP contribution in [0.1, 0.15) is 24.9 Å². The molecule has 1 aliphatic heterocycles. The number of hydrogen-bond acceptors (Lipinski definition) is 5. The van der Waals surface area contributed by atoms with Gasteiger partial charge in [0.25, 0.3) is 0 Å². The Morgan fingerprint density at radius 3 is 2.37 bits per heavy atom. The van der Waals surface area contributed by atoms with Gasteiger partial charge in [0.2, 0.25) is 0 Å². The molecule has 4 N–H and O–H groups in total. The molecule has 0 aliphatic carbocycles. The van der Waals surface area contributed by atoms with E-state index in [0.717, 1.165) is 12.0 Å². The van der Waals surface area contributed by atoms with Gasteiger partial charge < -0.3 is 5.73 Å². The number of hydrazine groups is 1. The summed E-state index contributed by atoms with van der Waals surface area (Å²) < 4.78 is 22.9. The van der Waals surface area contributed by atoms with E-state index in [1.165, 1.54) is 6.26 Å². The average molecular weight is 283 g/mol. The fraction of sp³-hybridized carbons (Fsp3) is 0.538. The molecule has 0 amide bonds. The predicted molar refractivity (Wildman–Crippen MR) is 75.2 cm³/mol. The van der Waals surface area contributed by atoms with E-state index >= 15 is 0 Å². The first-order valence-electron chi connectivity index (χ1n) is 6.44. The smallest absolute Gasteiger partial charge is 0.175 e. The van der Waals surface area contributed by atoms with Gasteiger partial charge in [-0.25, -0.2) is 13.8 Å². The largest absolute Gasteiger partial charge is 0.330 e. The van der Waals surface area contributed by atoms with Gasteiger partial charge in [-0.3, -0.25) is 5.43 Å². The van der Waals surface area contributed by atoms with Gasteiger partial charge in [-0.2, -0.15) is 0 Å². The van der Waals surface area contributed by atoms with Crippen molar-refractivity contribution in [3.63, 3.8) is 0 Å². The van der Waals surface area contributed by atoms with Crippen LogP contribution in [-0.2, 0) is 9.84 Å². The lowest BCUT2D eigenvalue weighted by atomic mass is 9.88. The third-order valence-electron chi connectivity index (χ3n) is 3.70. The van der Waals surface area contributed by atoms with Gasteiger partial charge in [-0.15, -0.1) is 0 Å². The molecule has 0 radical (unpaired) electrons. The van der Waals surface area contributed by atoms with E-state index < -0.39 is 9.84 Å². The second kappa shape index (κ2) is 5.58. The lowest BCUT2D eigenvalue weighted by Gasteiger charge is -2.20. The van der Waals surface area contributed by atoms with Gasteiger partial charge in [-0.05, 0) is 43.5 Å². The molecular weight excluding hydrogens is 262 g/mol. The van der Waals surface area contributed by atoms with Gasteiger partial charge in [-0.1, -0.05) is 12.1 Å². The zero-order valence-corrected chi connectivity index (χ0v) is 12.1. The third kappa shape index (κ3) is 3.14. The molecule has 106 valence electrons. The molecule has 5 nitrogen and oxygen atoms in total. The van der Waals surface area contributed by atoms with Crippen LogP contribution in [0.15, 0.2) is 29.2 Å². The Labute approximate surface area is 114 Å². The normalized spacial score (nSPS) is 27.6. The van der Waals surface area contributed by atoms with Gasteiger partial charge >= 0.3 is 0 Å². The minimum atomic E-state index is -3.13. The molecule has 1 fully saturated rings. The highest BCUT2D eigenvalue weighted by molar-refractivity contribution is 7.90. The summed E-state index contributed by atoms with van der Waals surface area (Å²) in [5.41, 5.74) is 13.2. The highest BCUT2D eigenvalue weighted by atomic mass is 32.2. The van der Waals surface area contributed by atoms with Gasteiger partial charge in [0.05, 0.1) is 10.9 Å². The van der Waals surface area contributed by atoms with Gasteiger partial charge in [0, 0.05) is 12.3 Å². The maximum Gasteiger partial charge on any atom is 0.175 e. The van der Waals surface area contributed by atoms with Crippen molar-refractivity contribution in [1.29, 1.82) is 0 Å². The molecule has 19 heavy (non-hydrogen) atoms. The first-order chi connectivity index (χ1) is 8.93. The fourth-order valence-corrected chi connectivity index (χ4v) is 3.22. The molecule has 2 rings (SSSR count). The van der Waals surface area contributed by atoms with Crippen molar-refractivity contribution in [1.82, 2.24) is 10.9 Å². The molecule has 1 saturated heterocycles. The van der Waals surface area contributed by atoms with Crippen molar-refractivity contribution in [2.75, 3.05) is 12.8 Å². The van der Waals surface area contributed by atoms with Gasteiger partial charge in [0.1, 0.15) is 0 Å². The summed E-state index contributed by atoms with van der Waals surface area (Å²) in [5, 5.41) is 0. The van der Waals surface area contributed by atoms with Crippen LogP contribution in [0.25, 0.3) is 0 Å². The Kier molecular flexibility index (Phi) is 4.25. The number of nitrogens with one attached hydrogen (secondary N) is 2. The maximum atomic E-state index is 11.4. The summed E-state index contributed by atoms with van der Waals surface area (Å²) in [6.45, 7) is 2.77. The Morgan fingerprint density at radius 2 is 1.84 bits per heavy atom. The van der Waals surface area contributed by atoms with Crippen LogP contribution in [0.4, 0.5) is 0 Å². The Bertz CT molecular complexity index is 527. The molecule has 1 aromatic rings. The number of hydrogen-bond donors (Lipinski definition) is 3. The Morgan fingerprint density at radius 1 is 1.21 bits per heavy atom. The number of nitrogens with two attached hydrogens (primary N) is 1. The zero-order chi connectivity index (χ0) is 14.0. The molecule has 1 aliphatic rings.